The summed E-state index contributed by atoms with van der Waals surface area (Å²) < 4.78 is 25.3. The SMILES string of the molecule is COc1cc(C(=O)N2C[C@H]3CC[C@@H]2[C@@H]3N)cc2nc(-c3cc4ccccc4n3CC3CC3)n(CC3CN(C(=O)c4ccc(C#N)cc4F)C3)c12. The third-order valence-corrected chi connectivity index (χ3v) is 11.4. The Kier molecular flexibility index (Phi) is 7.21. The Morgan fingerprint density at radius 2 is 1.76 bits per heavy atom. The van der Waals surface area contributed by atoms with Crippen LogP contribution in [0.4, 0.5) is 4.39 Å². The van der Waals surface area contributed by atoms with Gasteiger partial charge in [-0.15, -0.1) is 0 Å². The normalized spacial score (nSPS) is 21.6. The summed E-state index contributed by atoms with van der Waals surface area (Å²) >= 11 is 0. The van der Waals surface area contributed by atoms with E-state index in [-0.39, 0.29) is 40.9 Å². The number of fused-ring (bicyclic) bond motifs is 4. The van der Waals surface area contributed by atoms with E-state index in [1.807, 2.05) is 29.2 Å². The molecular weight excluding hydrogens is 633 g/mol. The van der Waals surface area contributed by atoms with Crippen molar-refractivity contribution in [2.45, 2.75) is 50.9 Å². The molecule has 0 unspecified atom stereocenters. The maximum absolute atomic E-state index is 14.7. The molecule has 2 N–H and O–H groups in total. The average molecular weight is 672 g/mol. The summed E-state index contributed by atoms with van der Waals surface area (Å²) in [5.74, 6) is 1.26. The van der Waals surface area contributed by atoms with E-state index in [0.29, 0.717) is 54.8 Å². The molecule has 2 bridgehead atoms. The lowest BCUT2D eigenvalue weighted by atomic mass is 9.98. The van der Waals surface area contributed by atoms with Crippen molar-refractivity contribution >= 4 is 33.8 Å². The number of imidazole rings is 1. The van der Waals surface area contributed by atoms with Gasteiger partial charge in [0.15, 0.2) is 5.82 Å². The van der Waals surface area contributed by atoms with Gasteiger partial charge in [-0.2, -0.15) is 5.26 Å². The number of aromatic nitrogens is 3. The summed E-state index contributed by atoms with van der Waals surface area (Å²) in [6, 6.07) is 20.2. The summed E-state index contributed by atoms with van der Waals surface area (Å²) in [7, 11) is 1.62. The summed E-state index contributed by atoms with van der Waals surface area (Å²) in [5, 5.41) is 10.2. The number of para-hydroxylation sites is 1. The number of carbonyl (C=O) groups is 2. The second-order valence-corrected chi connectivity index (χ2v) is 14.6. The maximum atomic E-state index is 14.7. The smallest absolute Gasteiger partial charge is 0.256 e. The Bertz CT molecular complexity index is 2240. The van der Waals surface area contributed by atoms with E-state index in [2.05, 4.69) is 33.4 Å². The van der Waals surface area contributed by atoms with Crippen molar-refractivity contribution in [2.24, 2.45) is 23.5 Å². The molecule has 2 saturated carbocycles. The van der Waals surface area contributed by atoms with Gasteiger partial charge >= 0.3 is 0 Å². The maximum Gasteiger partial charge on any atom is 0.256 e. The van der Waals surface area contributed by atoms with Crippen molar-refractivity contribution < 1.29 is 18.7 Å². The summed E-state index contributed by atoms with van der Waals surface area (Å²) in [4.78, 5) is 36.0. The number of amides is 2. The first-order chi connectivity index (χ1) is 24.3. The van der Waals surface area contributed by atoms with Gasteiger partial charge in [0.2, 0.25) is 0 Å². The molecule has 2 amide bonds. The van der Waals surface area contributed by atoms with E-state index in [4.69, 9.17) is 20.7 Å². The van der Waals surface area contributed by atoms with Crippen LogP contribution in [0.2, 0.25) is 0 Å². The highest BCUT2D eigenvalue weighted by molar-refractivity contribution is 6.01. The summed E-state index contributed by atoms with van der Waals surface area (Å²) in [6.07, 6.45) is 4.40. The second-order valence-electron chi connectivity index (χ2n) is 14.6. The van der Waals surface area contributed by atoms with Crippen LogP contribution in [0.5, 0.6) is 5.75 Å². The van der Waals surface area contributed by atoms with Gasteiger partial charge in [0.1, 0.15) is 17.1 Å². The number of carbonyl (C=O) groups excluding carboxylic acids is 2. The van der Waals surface area contributed by atoms with Crippen LogP contribution in [0.3, 0.4) is 0 Å². The number of rotatable bonds is 8. The summed E-state index contributed by atoms with van der Waals surface area (Å²) in [6.45, 7) is 3.00. The molecule has 11 heteroatoms. The monoisotopic (exact) mass is 671 g/mol. The molecule has 4 aliphatic rings. The number of piperidine rings is 1. The van der Waals surface area contributed by atoms with Crippen LogP contribution in [0.25, 0.3) is 33.5 Å². The van der Waals surface area contributed by atoms with Crippen LogP contribution in [0.15, 0.2) is 60.7 Å². The predicted octanol–water partition coefficient (Wildman–Crippen LogP) is 5.42. The van der Waals surface area contributed by atoms with Crippen LogP contribution in [0.1, 0.15) is 52.0 Å². The molecule has 0 radical (unpaired) electrons. The zero-order chi connectivity index (χ0) is 34.3. The van der Waals surface area contributed by atoms with Gasteiger partial charge in [0.25, 0.3) is 11.8 Å². The fourth-order valence-corrected chi connectivity index (χ4v) is 8.52. The predicted molar refractivity (Wildman–Crippen MR) is 186 cm³/mol. The third kappa shape index (κ3) is 4.96. The molecule has 50 heavy (non-hydrogen) atoms. The molecule has 4 fully saturated rings. The lowest BCUT2D eigenvalue weighted by Gasteiger charge is -2.40. The number of nitriles is 1. The fraction of sp³-hybridized carbons (Fsp3) is 0.385. The van der Waals surface area contributed by atoms with Crippen molar-refractivity contribution in [1.82, 2.24) is 23.9 Å². The Balaban J connectivity index is 1.10. The van der Waals surface area contributed by atoms with Gasteiger partial charge in [-0.05, 0) is 80.0 Å². The molecule has 9 rings (SSSR count). The molecular formula is C39H38FN7O3. The Morgan fingerprint density at radius 3 is 2.46 bits per heavy atom. The number of nitrogens with zero attached hydrogens (tertiary/aromatic N) is 6. The van der Waals surface area contributed by atoms with Crippen molar-refractivity contribution in [2.75, 3.05) is 26.7 Å². The van der Waals surface area contributed by atoms with Crippen LogP contribution in [0, 0.1) is 34.9 Å². The topological polar surface area (TPSA) is 122 Å². The van der Waals surface area contributed by atoms with Crippen LogP contribution in [-0.4, -0.2) is 74.6 Å². The number of ether oxygens (including phenoxy) is 1. The molecule has 3 atom stereocenters. The summed E-state index contributed by atoms with van der Waals surface area (Å²) in [5.41, 5.74) is 10.8. The van der Waals surface area contributed by atoms with Crippen molar-refractivity contribution in [3.8, 4) is 23.3 Å². The van der Waals surface area contributed by atoms with Crippen molar-refractivity contribution in [3.63, 3.8) is 0 Å². The van der Waals surface area contributed by atoms with Crippen molar-refractivity contribution in [3.05, 3.63) is 83.2 Å². The lowest BCUT2D eigenvalue weighted by molar-refractivity contribution is 0.0466. The quantitative estimate of drug-likeness (QED) is 0.235. The Morgan fingerprint density at radius 1 is 0.960 bits per heavy atom. The number of hydrogen-bond donors (Lipinski definition) is 1. The molecule has 3 aromatic carbocycles. The number of likely N-dealkylation sites (tertiary alicyclic amines) is 2. The number of methoxy groups -OCH3 is 1. The lowest BCUT2D eigenvalue weighted by Crippen LogP contribution is -2.51. The molecule has 0 spiro atoms. The first-order valence-electron chi connectivity index (χ1n) is 17.5. The zero-order valence-corrected chi connectivity index (χ0v) is 27.9. The highest BCUT2D eigenvalue weighted by Gasteiger charge is 2.47. The van der Waals surface area contributed by atoms with Gasteiger partial charge in [0, 0.05) is 67.2 Å². The standard InChI is InChI=1S/C39H38FN7O3/c1-50-34-15-27(38(48)46-21-26-9-11-32(46)35(26)42)13-30-36(34)47(20-24-17-44(18-24)39(49)28-10-8-23(16-41)12-29(28)40)37(43-30)33-14-25-4-2-3-5-31(25)45(33)19-22-6-7-22/h2-5,8,10,12-15,22,24,26,32,35H,6-7,9,11,17-21,42H2,1H3/t26-,32-,35-/m1/s1. The highest BCUT2D eigenvalue weighted by atomic mass is 19.1. The van der Waals surface area contributed by atoms with E-state index >= 15 is 0 Å². The van der Waals surface area contributed by atoms with E-state index in [1.54, 1.807) is 12.0 Å². The number of halogens is 1. The molecule has 2 aliphatic heterocycles. The first kappa shape index (κ1) is 30.8. The zero-order valence-electron chi connectivity index (χ0n) is 27.9. The Hall–Kier alpha value is -5.21. The average Bonchev–Trinajstić information content (AvgIpc) is 3.47. The molecule has 2 aromatic heterocycles. The van der Waals surface area contributed by atoms with Crippen LogP contribution < -0.4 is 10.5 Å². The van der Waals surface area contributed by atoms with Crippen LogP contribution >= 0.6 is 0 Å². The van der Waals surface area contributed by atoms with Crippen molar-refractivity contribution in [1.29, 1.82) is 5.26 Å². The van der Waals surface area contributed by atoms with E-state index in [9.17, 15) is 14.0 Å². The molecule has 2 saturated heterocycles. The minimum absolute atomic E-state index is 0.0195. The highest BCUT2D eigenvalue weighted by Crippen LogP contribution is 2.41. The first-order valence-corrected chi connectivity index (χ1v) is 17.5. The minimum Gasteiger partial charge on any atom is -0.494 e. The molecule has 254 valence electrons. The fourth-order valence-electron chi connectivity index (χ4n) is 8.52. The molecule has 2 aliphatic carbocycles. The van der Waals surface area contributed by atoms with E-state index < -0.39 is 5.82 Å². The van der Waals surface area contributed by atoms with E-state index in [0.717, 1.165) is 53.4 Å². The molecule has 4 heterocycles. The third-order valence-electron chi connectivity index (χ3n) is 11.4. The number of hydrogen-bond acceptors (Lipinski definition) is 6. The Labute approximate surface area is 288 Å². The van der Waals surface area contributed by atoms with Gasteiger partial charge in [-0.25, -0.2) is 9.37 Å². The second kappa shape index (κ2) is 11.7. The van der Waals surface area contributed by atoms with Gasteiger partial charge in [-0.3, -0.25) is 9.59 Å². The number of nitrogens with two attached hydrogens (primary N) is 1. The minimum atomic E-state index is -0.692. The van der Waals surface area contributed by atoms with E-state index in [1.165, 1.54) is 25.0 Å². The van der Waals surface area contributed by atoms with Gasteiger partial charge in [-0.1, -0.05) is 18.2 Å². The largest absolute Gasteiger partial charge is 0.494 e. The molecule has 10 nitrogen and oxygen atoms in total. The van der Waals surface area contributed by atoms with Crippen LogP contribution in [-0.2, 0) is 13.1 Å². The van der Waals surface area contributed by atoms with Gasteiger partial charge < -0.3 is 29.4 Å². The number of benzene rings is 3. The molecule has 5 aromatic rings. The van der Waals surface area contributed by atoms with Gasteiger partial charge in [0.05, 0.1) is 35.5 Å².